The van der Waals surface area contributed by atoms with Crippen LogP contribution in [-0.2, 0) is 16.0 Å². The van der Waals surface area contributed by atoms with Gasteiger partial charge in [0.15, 0.2) is 0 Å². The van der Waals surface area contributed by atoms with Gasteiger partial charge in [0.2, 0.25) is 0 Å². The molecule has 0 heterocycles. The quantitative estimate of drug-likeness (QED) is 0.395. The van der Waals surface area contributed by atoms with Gasteiger partial charge in [0, 0.05) is 18.2 Å². The van der Waals surface area contributed by atoms with Crippen LogP contribution in [0.4, 0.5) is 0 Å². The molecule has 2 N–H and O–H groups in total. The highest BCUT2D eigenvalue weighted by Crippen LogP contribution is 2.23. The van der Waals surface area contributed by atoms with Crippen LogP contribution < -0.4 is 20.2 Å². The third kappa shape index (κ3) is 6.75. The molecule has 0 bridgehead atoms. The van der Waals surface area contributed by atoms with E-state index in [2.05, 4.69) is 15.8 Å². The first-order valence-electron chi connectivity index (χ1n) is 9.18. The molecule has 2 aromatic carbocycles. The molecular formula is C21H25N3O4. The fourth-order valence-corrected chi connectivity index (χ4v) is 2.41. The molecule has 7 heteroatoms. The summed E-state index contributed by atoms with van der Waals surface area (Å²) in [4.78, 5) is 23.7. The minimum Gasteiger partial charge on any atom is -0.494 e. The van der Waals surface area contributed by atoms with Crippen molar-refractivity contribution in [3.05, 3.63) is 59.7 Å². The molecule has 0 aliphatic rings. The van der Waals surface area contributed by atoms with E-state index in [1.165, 1.54) is 6.21 Å². The van der Waals surface area contributed by atoms with E-state index >= 15 is 0 Å². The monoisotopic (exact) mass is 383 g/mol. The van der Waals surface area contributed by atoms with E-state index in [9.17, 15) is 9.59 Å². The van der Waals surface area contributed by atoms with E-state index in [0.717, 1.165) is 5.56 Å². The van der Waals surface area contributed by atoms with Crippen molar-refractivity contribution in [1.29, 1.82) is 0 Å². The lowest BCUT2D eigenvalue weighted by molar-refractivity contribution is -0.139. The molecule has 0 spiro atoms. The Bertz CT molecular complexity index is 807. The van der Waals surface area contributed by atoms with E-state index in [1.807, 2.05) is 44.2 Å². The fraction of sp³-hybridized carbons (Fsp3) is 0.286. The van der Waals surface area contributed by atoms with Gasteiger partial charge in [0.05, 0.1) is 19.4 Å². The minimum absolute atomic E-state index is 0.368. The Hall–Kier alpha value is -3.35. The van der Waals surface area contributed by atoms with E-state index in [0.29, 0.717) is 43.2 Å². The van der Waals surface area contributed by atoms with Gasteiger partial charge in [0.25, 0.3) is 0 Å². The first-order valence-corrected chi connectivity index (χ1v) is 9.18. The van der Waals surface area contributed by atoms with Crippen LogP contribution in [-0.4, -0.2) is 37.8 Å². The van der Waals surface area contributed by atoms with Crippen molar-refractivity contribution >= 4 is 18.0 Å². The van der Waals surface area contributed by atoms with Crippen molar-refractivity contribution in [2.24, 2.45) is 5.10 Å². The summed E-state index contributed by atoms with van der Waals surface area (Å²) in [5.74, 6) is -0.290. The van der Waals surface area contributed by atoms with Crippen LogP contribution in [0.25, 0.3) is 0 Å². The number of hydrogen-bond donors (Lipinski definition) is 2. The zero-order chi connectivity index (χ0) is 20.2. The smallest absolute Gasteiger partial charge is 0.329 e. The van der Waals surface area contributed by atoms with Gasteiger partial charge in [-0.25, -0.2) is 5.43 Å². The summed E-state index contributed by atoms with van der Waals surface area (Å²) < 4.78 is 11.0. The van der Waals surface area contributed by atoms with Gasteiger partial charge in [-0.3, -0.25) is 9.59 Å². The van der Waals surface area contributed by atoms with Crippen molar-refractivity contribution < 1.29 is 19.1 Å². The highest BCUT2D eigenvalue weighted by molar-refractivity contribution is 6.35. The van der Waals surface area contributed by atoms with Gasteiger partial charge in [0.1, 0.15) is 11.5 Å². The maximum Gasteiger partial charge on any atom is 0.329 e. The minimum atomic E-state index is -0.826. The molecule has 0 atom stereocenters. The molecule has 7 nitrogen and oxygen atoms in total. The number of carbonyl (C=O) groups is 2. The summed E-state index contributed by atoms with van der Waals surface area (Å²) in [5.41, 5.74) is 3.97. The number of hydrazone groups is 1. The second kappa shape index (κ2) is 11.4. The van der Waals surface area contributed by atoms with Gasteiger partial charge in [-0.1, -0.05) is 30.3 Å². The number of benzene rings is 2. The lowest BCUT2D eigenvalue weighted by atomic mass is 10.1. The van der Waals surface area contributed by atoms with Gasteiger partial charge in [-0.05, 0) is 38.0 Å². The number of nitrogens with one attached hydrogen (secondary N) is 2. The summed E-state index contributed by atoms with van der Waals surface area (Å²) in [5, 5.41) is 6.41. The number of amides is 2. The van der Waals surface area contributed by atoms with Crippen LogP contribution in [0.5, 0.6) is 11.5 Å². The van der Waals surface area contributed by atoms with Crippen molar-refractivity contribution in [2.75, 3.05) is 19.8 Å². The van der Waals surface area contributed by atoms with Crippen LogP contribution in [0.3, 0.4) is 0 Å². The molecule has 0 aliphatic carbocycles. The predicted molar refractivity (Wildman–Crippen MR) is 108 cm³/mol. The first-order chi connectivity index (χ1) is 13.6. The Morgan fingerprint density at radius 3 is 2.46 bits per heavy atom. The molecule has 0 aromatic heterocycles. The van der Waals surface area contributed by atoms with Crippen LogP contribution in [0.15, 0.2) is 53.6 Å². The fourth-order valence-electron chi connectivity index (χ4n) is 2.41. The van der Waals surface area contributed by atoms with E-state index in [-0.39, 0.29) is 0 Å². The SMILES string of the molecule is CCOc1ccc(/C=N\NC(=O)C(=O)NCCc2ccccc2)c(OCC)c1. The van der Waals surface area contributed by atoms with Gasteiger partial charge in [-0.15, -0.1) is 0 Å². The predicted octanol–water partition coefficient (Wildman–Crippen LogP) is 2.29. The Kier molecular flexibility index (Phi) is 8.52. The van der Waals surface area contributed by atoms with Crippen LogP contribution in [0, 0.1) is 0 Å². The third-order valence-corrected chi connectivity index (χ3v) is 3.71. The second-order valence-electron chi connectivity index (χ2n) is 5.76. The zero-order valence-corrected chi connectivity index (χ0v) is 16.1. The normalized spacial score (nSPS) is 10.5. The molecule has 148 valence electrons. The van der Waals surface area contributed by atoms with Crippen LogP contribution in [0.1, 0.15) is 25.0 Å². The highest BCUT2D eigenvalue weighted by Gasteiger charge is 2.12. The second-order valence-corrected chi connectivity index (χ2v) is 5.76. The van der Waals surface area contributed by atoms with Crippen molar-refractivity contribution in [3.63, 3.8) is 0 Å². The molecular weight excluding hydrogens is 358 g/mol. The van der Waals surface area contributed by atoms with Crippen LogP contribution >= 0.6 is 0 Å². The lowest BCUT2D eigenvalue weighted by Gasteiger charge is -2.10. The molecule has 0 radical (unpaired) electrons. The summed E-state index contributed by atoms with van der Waals surface area (Å²) in [6.07, 6.45) is 2.07. The standard InChI is InChI=1S/C21H25N3O4/c1-3-27-18-11-10-17(19(14-18)28-4-2)15-23-24-21(26)20(25)22-13-12-16-8-6-5-7-9-16/h5-11,14-15H,3-4,12-13H2,1-2H3,(H,22,25)(H,24,26)/b23-15-. The summed E-state index contributed by atoms with van der Waals surface area (Å²) >= 11 is 0. The molecule has 2 aromatic rings. The first kappa shape index (κ1) is 21.0. The largest absolute Gasteiger partial charge is 0.494 e. The average molecular weight is 383 g/mol. The zero-order valence-electron chi connectivity index (χ0n) is 16.1. The van der Waals surface area contributed by atoms with E-state index in [4.69, 9.17) is 9.47 Å². The summed E-state index contributed by atoms with van der Waals surface area (Å²) in [6.45, 7) is 5.17. The number of nitrogens with zero attached hydrogens (tertiary/aromatic N) is 1. The van der Waals surface area contributed by atoms with E-state index < -0.39 is 11.8 Å². The molecule has 0 saturated carbocycles. The molecule has 0 unspecified atom stereocenters. The highest BCUT2D eigenvalue weighted by atomic mass is 16.5. The Morgan fingerprint density at radius 2 is 1.75 bits per heavy atom. The lowest BCUT2D eigenvalue weighted by Crippen LogP contribution is -2.38. The molecule has 28 heavy (non-hydrogen) atoms. The van der Waals surface area contributed by atoms with Crippen molar-refractivity contribution in [1.82, 2.24) is 10.7 Å². The average Bonchev–Trinajstić information content (AvgIpc) is 2.70. The summed E-state index contributed by atoms with van der Waals surface area (Å²) in [6, 6.07) is 15.0. The molecule has 2 rings (SSSR count). The maximum absolute atomic E-state index is 11.8. The topological polar surface area (TPSA) is 89.0 Å². The van der Waals surface area contributed by atoms with Gasteiger partial charge < -0.3 is 14.8 Å². The number of rotatable bonds is 9. The van der Waals surface area contributed by atoms with Crippen LogP contribution in [0.2, 0.25) is 0 Å². The third-order valence-electron chi connectivity index (χ3n) is 3.71. The molecule has 0 saturated heterocycles. The van der Waals surface area contributed by atoms with Crippen molar-refractivity contribution in [3.8, 4) is 11.5 Å². The Labute approximate surface area is 164 Å². The maximum atomic E-state index is 11.8. The number of carbonyl (C=O) groups excluding carboxylic acids is 2. The summed E-state index contributed by atoms with van der Waals surface area (Å²) in [7, 11) is 0. The Morgan fingerprint density at radius 1 is 1.00 bits per heavy atom. The molecule has 0 aliphatic heterocycles. The van der Waals surface area contributed by atoms with E-state index in [1.54, 1.807) is 18.2 Å². The Balaban J connectivity index is 1.85. The number of ether oxygens (including phenoxy) is 2. The van der Waals surface area contributed by atoms with Crippen molar-refractivity contribution in [2.45, 2.75) is 20.3 Å². The van der Waals surface area contributed by atoms with Gasteiger partial charge >= 0.3 is 11.8 Å². The van der Waals surface area contributed by atoms with Gasteiger partial charge in [-0.2, -0.15) is 5.10 Å². The molecule has 0 fully saturated rings. The number of hydrogen-bond acceptors (Lipinski definition) is 5. The molecule has 2 amide bonds.